The van der Waals surface area contributed by atoms with Gasteiger partial charge in [0, 0.05) is 16.5 Å². The number of thiophene rings is 1. The largest absolute Gasteiger partial charge is 0.496 e. The minimum absolute atomic E-state index is 0.000470. The van der Waals surface area contributed by atoms with Crippen molar-refractivity contribution in [1.29, 1.82) is 0 Å². The Morgan fingerprint density at radius 2 is 1.83 bits per heavy atom. The fraction of sp³-hybridized carbons (Fsp3) is 0.310. The molecule has 1 aliphatic carbocycles. The summed E-state index contributed by atoms with van der Waals surface area (Å²) in [5.41, 5.74) is 4.78. The van der Waals surface area contributed by atoms with Crippen LogP contribution in [0.25, 0.3) is 15.9 Å². The standard InChI is InChI=1S/C29H30N4O6S2/c1-5-39-19-11-9-18(10-12-19)33-28(35)26-20-7-6-8-24(20)41-27(26)31-29(33)40-16-25(34)32-30-15-17-13-22(37-3)23(38-4)14-21(17)36-2/h9-15H,5-8,16H2,1-4H3,(H,32,34). The SMILES string of the molecule is CCOc1ccc(-n2c(SCC(=O)NN=Cc3cc(OC)c(OC)cc3OC)nc3sc4c(c3c2=O)CCC4)cc1. The number of ether oxygens (including phenoxy) is 4. The predicted octanol–water partition coefficient (Wildman–Crippen LogP) is 4.60. The van der Waals surface area contributed by atoms with E-state index in [4.69, 9.17) is 23.9 Å². The van der Waals surface area contributed by atoms with Crippen LogP contribution >= 0.6 is 23.1 Å². The number of hydrazone groups is 1. The maximum atomic E-state index is 13.8. The van der Waals surface area contributed by atoms with E-state index < -0.39 is 0 Å². The lowest BCUT2D eigenvalue weighted by atomic mass is 10.2. The Labute approximate surface area is 245 Å². The molecule has 10 nitrogen and oxygen atoms in total. The molecule has 2 heterocycles. The van der Waals surface area contributed by atoms with Crippen LogP contribution in [0.1, 0.15) is 29.3 Å². The van der Waals surface area contributed by atoms with Gasteiger partial charge in [0.05, 0.1) is 51.0 Å². The highest BCUT2D eigenvalue weighted by molar-refractivity contribution is 7.99. The fourth-order valence-electron chi connectivity index (χ4n) is 4.70. The minimum atomic E-state index is -0.355. The number of hydrogen-bond acceptors (Lipinski definition) is 10. The highest BCUT2D eigenvalue weighted by Crippen LogP contribution is 2.36. The molecule has 4 aromatic rings. The van der Waals surface area contributed by atoms with E-state index in [1.165, 1.54) is 44.2 Å². The van der Waals surface area contributed by atoms with E-state index in [-0.39, 0.29) is 17.2 Å². The number of fused-ring (bicyclic) bond motifs is 3. The number of aromatic nitrogens is 2. The summed E-state index contributed by atoms with van der Waals surface area (Å²) in [7, 11) is 4.60. The van der Waals surface area contributed by atoms with Gasteiger partial charge in [0.25, 0.3) is 11.5 Å². The van der Waals surface area contributed by atoms with Crippen molar-refractivity contribution in [2.24, 2.45) is 5.10 Å². The number of aryl methyl sites for hydroxylation is 2. The Morgan fingerprint density at radius 3 is 2.54 bits per heavy atom. The third kappa shape index (κ3) is 5.89. The zero-order valence-corrected chi connectivity index (χ0v) is 24.8. The van der Waals surface area contributed by atoms with E-state index in [9.17, 15) is 9.59 Å². The van der Waals surface area contributed by atoms with Crippen LogP contribution in [0.15, 0.2) is 51.5 Å². The van der Waals surface area contributed by atoms with Crippen molar-refractivity contribution < 1.29 is 23.7 Å². The van der Waals surface area contributed by atoms with Crippen molar-refractivity contribution in [2.45, 2.75) is 31.3 Å². The van der Waals surface area contributed by atoms with Gasteiger partial charge in [-0.1, -0.05) is 11.8 Å². The minimum Gasteiger partial charge on any atom is -0.496 e. The molecular formula is C29H30N4O6S2. The van der Waals surface area contributed by atoms with E-state index in [1.54, 1.807) is 28.0 Å². The summed E-state index contributed by atoms with van der Waals surface area (Å²) in [5, 5.41) is 5.20. The molecule has 12 heteroatoms. The molecule has 0 atom stereocenters. The van der Waals surface area contributed by atoms with Gasteiger partial charge in [-0.25, -0.2) is 10.4 Å². The van der Waals surface area contributed by atoms with Crippen LogP contribution in [0.2, 0.25) is 0 Å². The second kappa shape index (κ2) is 12.6. The monoisotopic (exact) mass is 594 g/mol. The number of amides is 1. The summed E-state index contributed by atoms with van der Waals surface area (Å²) in [6, 6.07) is 10.7. The lowest BCUT2D eigenvalue weighted by Gasteiger charge is -2.13. The quantitative estimate of drug-likeness (QED) is 0.116. The number of benzene rings is 2. The summed E-state index contributed by atoms with van der Waals surface area (Å²) in [6.07, 6.45) is 4.36. The average molecular weight is 595 g/mol. The van der Waals surface area contributed by atoms with Gasteiger partial charge in [0.2, 0.25) is 0 Å². The molecule has 0 unspecified atom stereocenters. The topological polar surface area (TPSA) is 113 Å². The lowest BCUT2D eigenvalue weighted by Crippen LogP contribution is -2.24. The van der Waals surface area contributed by atoms with E-state index >= 15 is 0 Å². The van der Waals surface area contributed by atoms with Crippen molar-refractivity contribution in [1.82, 2.24) is 15.0 Å². The normalized spacial score (nSPS) is 12.5. The number of carbonyl (C=O) groups excluding carboxylic acids is 1. The molecule has 214 valence electrons. The third-order valence-corrected chi connectivity index (χ3v) is 8.70. The molecule has 41 heavy (non-hydrogen) atoms. The second-order valence-corrected chi connectivity index (χ2v) is 11.1. The molecule has 1 amide bonds. The van der Waals surface area contributed by atoms with Gasteiger partial charge in [-0.15, -0.1) is 11.3 Å². The number of thioether (sulfide) groups is 1. The van der Waals surface area contributed by atoms with E-state index in [2.05, 4.69) is 10.5 Å². The molecule has 0 fully saturated rings. The maximum absolute atomic E-state index is 13.8. The highest BCUT2D eigenvalue weighted by atomic mass is 32.2. The maximum Gasteiger partial charge on any atom is 0.267 e. The smallest absolute Gasteiger partial charge is 0.267 e. The number of nitrogens with one attached hydrogen (secondary N) is 1. The van der Waals surface area contributed by atoms with Crippen LogP contribution in [0.5, 0.6) is 23.0 Å². The van der Waals surface area contributed by atoms with Gasteiger partial charge in [0.15, 0.2) is 16.7 Å². The van der Waals surface area contributed by atoms with Gasteiger partial charge in [0.1, 0.15) is 16.3 Å². The van der Waals surface area contributed by atoms with Crippen molar-refractivity contribution >= 4 is 45.4 Å². The molecule has 0 saturated carbocycles. The Kier molecular flexibility index (Phi) is 8.79. The predicted molar refractivity (Wildman–Crippen MR) is 161 cm³/mol. The summed E-state index contributed by atoms with van der Waals surface area (Å²) < 4.78 is 23.2. The molecule has 0 bridgehead atoms. The van der Waals surface area contributed by atoms with Crippen LogP contribution in [-0.4, -0.2) is 55.4 Å². The van der Waals surface area contributed by atoms with Crippen molar-refractivity contribution in [2.75, 3.05) is 33.7 Å². The number of rotatable bonds is 11. The summed E-state index contributed by atoms with van der Waals surface area (Å²) >= 11 is 2.75. The van der Waals surface area contributed by atoms with E-state index in [0.29, 0.717) is 56.2 Å². The van der Waals surface area contributed by atoms with Gasteiger partial charge < -0.3 is 18.9 Å². The molecule has 0 radical (unpaired) electrons. The highest BCUT2D eigenvalue weighted by Gasteiger charge is 2.24. The lowest BCUT2D eigenvalue weighted by molar-refractivity contribution is -0.118. The Balaban J connectivity index is 1.38. The Morgan fingerprint density at radius 1 is 1.10 bits per heavy atom. The van der Waals surface area contributed by atoms with Crippen LogP contribution in [0.3, 0.4) is 0 Å². The van der Waals surface area contributed by atoms with Crippen LogP contribution in [-0.2, 0) is 17.6 Å². The zero-order valence-electron chi connectivity index (χ0n) is 23.2. The van der Waals surface area contributed by atoms with Crippen LogP contribution in [0.4, 0.5) is 0 Å². The second-order valence-electron chi connectivity index (χ2n) is 9.03. The van der Waals surface area contributed by atoms with Crippen LogP contribution < -0.4 is 29.9 Å². The van der Waals surface area contributed by atoms with Gasteiger partial charge in [-0.05, 0) is 62.1 Å². The number of nitrogens with zero attached hydrogens (tertiary/aromatic N) is 3. The third-order valence-electron chi connectivity index (χ3n) is 6.58. The first-order valence-corrected chi connectivity index (χ1v) is 14.8. The first-order chi connectivity index (χ1) is 20.0. The molecular weight excluding hydrogens is 564 g/mol. The van der Waals surface area contributed by atoms with Gasteiger partial charge in [-0.2, -0.15) is 5.10 Å². The van der Waals surface area contributed by atoms with Gasteiger partial charge >= 0.3 is 0 Å². The van der Waals surface area contributed by atoms with Crippen molar-refractivity contribution in [3.63, 3.8) is 0 Å². The molecule has 0 saturated heterocycles. The molecule has 1 N–H and O–H groups in total. The molecule has 1 aliphatic rings. The fourth-order valence-corrected chi connectivity index (χ4v) is 6.80. The Hall–Kier alpha value is -4.03. The summed E-state index contributed by atoms with van der Waals surface area (Å²) in [4.78, 5) is 33.4. The number of carbonyl (C=O) groups is 1. The van der Waals surface area contributed by atoms with Gasteiger partial charge in [-0.3, -0.25) is 14.2 Å². The summed E-state index contributed by atoms with van der Waals surface area (Å²) in [5.74, 6) is 1.89. The van der Waals surface area contributed by atoms with Crippen molar-refractivity contribution in [3.8, 4) is 28.7 Å². The molecule has 0 spiro atoms. The van der Waals surface area contributed by atoms with E-state index in [0.717, 1.165) is 24.8 Å². The zero-order chi connectivity index (χ0) is 28.9. The summed E-state index contributed by atoms with van der Waals surface area (Å²) in [6.45, 7) is 2.47. The molecule has 2 aromatic heterocycles. The first-order valence-electron chi connectivity index (χ1n) is 13.0. The molecule has 5 rings (SSSR count). The first kappa shape index (κ1) is 28.5. The average Bonchev–Trinajstić information content (AvgIpc) is 3.58. The van der Waals surface area contributed by atoms with E-state index in [1.807, 2.05) is 31.2 Å². The molecule has 2 aromatic carbocycles. The Bertz CT molecular complexity index is 1660. The number of hydrogen-bond donors (Lipinski definition) is 1. The van der Waals surface area contributed by atoms with Crippen LogP contribution in [0, 0.1) is 0 Å². The van der Waals surface area contributed by atoms with Crippen molar-refractivity contribution in [3.05, 3.63) is 62.8 Å². The number of methoxy groups -OCH3 is 3. The molecule has 0 aliphatic heterocycles.